The number of amides is 2. The highest BCUT2D eigenvalue weighted by Crippen LogP contribution is 2.52. The number of allylic oxidation sites excluding steroid dienone is 2. The molecule has 0 spiro atoms. The topological polar surface area (TPSA) is 72.6 Å². The summed E-state index contributed by atoms with van der Waals surface area (Å²) in [5, 5.41) is 0. The highest BCUT2D eigenvalue weighted by atomic mass is 16.5. The fourth-order valence-electron chi connectivity index (χ4n) is 6.00. The number of quaternary nitrogens is 2. The number of carbonyl (C=O) groups is 3. The fraction of sp³-hybridized carbons (Fsp3) is 0.542. The molecule has 0 unspecified atom stereocenters. The molecule has 164 valence electrons. The molecule has 1 saturated carbocycles. The number of nitrogens with zero attached hydrogens (tertiary/aromatic N) is 1. The van der Waals surface area contributed by atoms with Gasteiger partial charge in [-0.2, -0.15) is 0 Å². The van der Waals surface area contributed by atoms with Gasteiger partial charge in [0.2, 0.25) is 11.8 Å². The second kappa shape index (κ2) is 8.20. The quantitative estimate of drug-likeness (QED) is 0.333. The standard InChI is InChI=1S/C24H29N3O4/c1-31-24(30)17-4-2-16(3-5-17)15-26-10-8-25(9-11-26)12-13-27-22(28)20-18-6-7-19(14-18)21(20)23(27)29/h2-7,18-21H,8-15H2,1H3/p+2/t18-,19-,20+,21+/m1/s1. The van der Waals surface area contributed by atoms with Crippen LogP contribution in [0, 0.1) is 23.7 Å². The molecular weight excluding hydrogens is 394 g/mol. The Kier molecular flexibility index (Phi) is 5.40. The third-order valence-electron chi connectivity index (χ3n) is 7.74. The number of hydrogen-bond donors (Lipinski definition) is 2. The van der Waals surface area contributed by atoms with Crippen LogP contribution in [-0.2, 0) is 20.9 Å². The first-order valence-electron chi connectivity index (χ1n) is 11.4. The van der Waals surface area contributed by atoms with Crippen LogP contribution in [-0.4, -0.2) is 69.1 Å². The highest BCUT2D eigenvalue weighted by molar-refractivity contribution is 6.06. The summed E-state index contributed by atoms with van der Waals surface area (Å²) in [5.41, 5.74) is 1.79. The summed E-state index contributed by atoms with van der Waals surface area (Å²) in [6, 6.07) is 7.65. The van der Waals surface area contributed by atoms with Crippen molar-refractivity contribution in [2.75, 3.05) is 46.4 Å². The van der Waals surface area contributed by atoms with Crippen molar-refractivity contribution in [1.82, 2.24) is 4.90 Å². The number of likely N-dealkylation sites (tertiary alicyclic amines) is 1. The van der Waals surface area contributed by atoms with Crippen molar-refractivity contribution >= 4 is 17.8 Å². The van der Waals surface area contributed by atoms with Crippen LogP contribution in [0.5, 0.6) is 0 Å². The summed E-state index contributed by atoms with van der Waals surface area (Å²) in [4.78, 5) is 41.8. The monoisotopic (exact) mass is 425 g/mol. The number of nitrogens with one attached hydrogen (secondary N) is 2. The summed E-state index contributed by atoms with van der Waals surface area (Å²) >= 11 is 0. The molecule has 3 fully saturated rings. The van der Waals surface area contributed by atoms with E-state index in [2.05, 4.69) is 12.2 Å². The van der Waals surface area contributed by atoms with Gasteiger partial charge >= 0.3 is 5.97 Å². The van der Waals surface area contributed by atoms with Gasteiger partial charge in [0.05, 0.1) is 37.6 Å². The maximum atomic E-state index is 12.8. The van der Waals surface area contributed by atoms with Crippen molar-refractivity contribution in [2.24, 2.45) is 23.7 Å². The molecule has 4 atom stereocenters. The Bertz CT molecular complexity index is 874. The summed E-state index contributed by atoms with van der Waals surface area (Å²) in [6.45, 7) is 6.57. The summed E-state index contributed by atoms with van der Waals surface area (Å²) in [7, 11) is 1.39. The largest absolute Gasteiger partial charge is 0.465 e. The molecule has 2 aliphatic carbocycles. The predicted molar refractivity (Wildman–Crippen MR) is 112 cm³/mol. The zero-order valence-corrected chi connectivity index (χ0v) is 18.0. The molecular formula is C24H31N3O4+2. The lowest BCUT2D eigenvalue weighted by atomic mass is 9.85. The van der Waals surface area contributed by atoms with Gasteiger partial charge in [-0.1, -0.05) is 24.3 Å². The Morgan fingerprint density at radius 2 is 1.55 bits per heavy atom. The first kappa shape index (κ1) is 20.4. The smallest absolute Gasteiger partial charge is 0.337 e. The number of methoxy groups -OCH3 is 1. The maximum absolute atomic E-state index is 12.8. The van der Waals surface area contributed by atoms with Crippen molar-refractivity contribution in [3.63, 3.8) is 0 Å². The average Bonchev–Trinajstić information content (AvgIpc) is 3.48. The SMILES string of the molecule is COC(=O)c1ccc(C[NH+]2CC[NH+](CCN3C(=O)[C@@H]4[C@@H](C3=O)[C@@H]3C=C[C@@H]4C3)CC2)cc1. The minimum atomic E-state index is -0.307. The van der Waals surface area contributed by atoms with Gasteiger partial charge in [0.25, 0.3) is 0 Å². The number of rotatable bonds is 6. The molecule has 2 aliphatic heterocycles. The Morgan fingerprint density at radius 1 is 0.968 bits per heavy atom. The van der Waals surface area contributed by atoms with Gasteiger partial charge in [0, 0.05) is 5.56 Å². The third kappa shape index (κ3) is 3.70. The van der Waals surface area contributed by atoms with E-state index in [-0.39, 0.29) is 41.5 Å². The van der Waals surface area contributed by atoms with E-state index in [0.717, 1.165) is 45.7 Å². The van der Waals surface area contributed by atoms with Crippen LogP contribution in [0.25, 0.3) is 0 Å². The van der Waals surface area contributed by atoms with E-state index in [0.29, 0.717) is 12.1 Å². The Morgan fingerprint density at radius 3 is 2.13 bits per heavy atom. The number of benzene rings is 1. The number of hydrogen-bond acceptors (Lipinski definition) is 4. The summed E-state index contributed by atoms with van der Waals surface area (Å²) < 4.78 is 4.75. The lowest BCUT2D eigenvalue weighted by Gasteiger charge is -2.30. The van der Waals surface area contributed by atoms with Crippen LogP contribution in [0.3, 0.4) is 0 Å². The van der Waals surface area contributed by atoms with Gasteiger partial charge < -0.3 is 14.5 Å². The van der Waals surface area contributed by atoms with Gasteiger partial charge in [-0.25, -0.2) is 4.79 Å². The molecule has 1 aromatic rings. The predicted octanol–water partition coefficient (Wildman–Crippen LogP) is -1.44. The summed E-state index contributed by atoms with van der Waals surface area (Å²) in [6.07, 6.45) is 5.29. The molecule has 7 heteroatoms. The van der Waals surface area contributed by atoms with Crippen molar-refractivity contribution in [2.45, 2.75) is 13.0 Å². The molecule has 1 aromatic carbocycles. The zero-order chi connectivity index (χ0) is 21.5. The first-order chi connectivity index (χ1) is 15.0. The molecule has 2 heterocycles. The number of ether oxygens (including phenoxy) is 1. The van der Waals surface area contributed by atoms with Crippen LogP contribution in [0.1, 0.15) is 22.3 Å². The average molecular weight is 426 g/mol. The minimum absolute atomic E-state index is 0.0749. The van der Waals surface area contributed by atoms with Gasteiger partial charge in [-0.3, -0.25) is 14.5 Å². The molecule has 4 aliphatic rings. The lowest BCUT2D eigenvalue weighted by Crippen LogP contribution is -3.27. The molecule has 7 nitrogen and oxygen atoms in total. The van der Waals surface area contributed by atoms with Crippen molar-refractivity contribution < 1.29 is 28.9 Å². The lowest BCUT2D eigenvalue weighted by molar-refractivity contribution is -1.02. The second-order valence-corrected chi connectivity index (χ2v) is 9.44. The minimum Gasteiger partial charge on any atom is -0.465 e. The zero-order valence-electron chi connectivity index (χ0n) is 18.0. The van der Waals surface area contributed by atoms with E-state index in [4.69, 9.17) is 4.74 Å². The number of esters is 1. The summed E-state index contributed by atoms with van der Waals surface area (Å²) in [5.74, 6) is 0.263. The van der Waals surface area contributed by atoms with Gasteiger partial charge in [-0.05, 0) is 30.4 Å². The fourth-order valence-corrected chi connectivity index (χ4v) is 6.00. The van der Waals surface area contributed by atoms with Crippen molar-refractivity contribution in [3.05, 3.63) is 47.5 Å². The highest BCUT2D eigenvalue weighted by Gasteiger charge is 2.59. The Hall–Kier alpha value is -2.51. The molecule has 2 N–H and O–H groups in total. The van der Waals surface area contributed by atoms with E-state index < -0.39 is 0 Å². The normalized spacial score (nSPS) is 33.8. The number of piperazine rings is 1. The number of imide groups is 1. The van der Waals surface area contributed by atoms with Crippen LogP contribution < -0.4 is 9.80 Å². The third-order valence-corrected chi connectivity index (χ3v) is 7.74. The van der Waals surface area contributed by atoms with Gasteiger partial charge in [-0.15, -0.1) is 0 Å². The maximum Gasteiger partial charge on any atom is 0.337 e. The molecule has 2 amide bonds. The van der Waals surface area contributed by atoms with Crippen molar-refractivity contribution in [1.29, 1.82) is 0 Å². The van der Waals surface area contributed by atoms with Crippen molar-refractivity contribution in [3.8, 4) is 0 Å². The van der Waals surface area contributed by atoms with E-state index in [1.807, 2.05) is 24.3 Å². The molecule has 0 radical (unpaired) electrons. The second-order valence-electron chi connectivity index (χ2n) is 9.44. The van der Waals surface area contributed by atoms with E-state index in [1.54, 1.807) is 4.90 Å². The molecule has 5 rings (SSSR count). The van der Waals surface area contributed by atoms with Gasteiger partial charge in [0.1, 0.15) is 32.7 Å². The van der Waals surface area contributed by atoms with Crippen LogP contribution in [0.2, 0.25) is 0 Å². The first-order valence-corrected chi connectivity index (χ1v) is 11.4. The molecule has 2 saturated heterocycles. The Labute approximate surface area is 182 Å². The molecule has 31 heavy (non-hydrogen) atoms. The van der Waals surface area contributed by atoms with Crippen LogP contribution in [0.15, 0.2) is 36.4 Å². The number of carbonyl (C=O) groups excluding carboxylic acids is 3. The van der Waals surface area contributed by atoms with E-state index >= 15 is 0 Å². The Balaban J connectivity index is 1.08. The van der Waals surface area contributed by atoms with E-state index in [1.165, 1.54) is 22.5 Å². The van der Waals surface area contributed by atoms with E-state index in [9.17, 15) is 14.4 Å². The molecule has 0 aromatic heterocycles. The number of fused-ring (bicyclic) bond motifs is 5. The molecule has 2 bridgehead atoms. The van der Waals surface area contributed by atoms with Gasteiger partial charge in [0.15, 0.2) is 0 Å². The van der Waals surface area contributed by atoms with Crippen LogP contribution in [0.4, 0.5) is 0 Å². The van der Waals surface area contributed by atoms with Crippen LogP contribution >= 0.6 is 0 Å².